The van der Waals surface area contributed by atoms with Gasteiger partial charge in [-0.05, 0) is 41.8 Å². The van der Waals surface area contributed by atoms with Gasteiger partial charge in [-0.3, -0.25) is 4.98 Å². The van der Waals surface area contributed by atoms with Crippen molar-refractivity contribution < 1.29 is 13.2 Å². The Morgan fingerprint density at radius 3 is 2.50 bits per heavy atom. The molecule has 22 heavy (non-hydrogen) atoms. The van der Waals surface area contributed by atoms with Gasteiger partial charge in [0.2, 0.25) is 10.0 Å². The minimum absolute atomic E-state index is 0.253. The quantitative estimate of drug-likeness (QED) is 0.916. The average Bonchev–Trinajstić information content (AvgIpc) is 3.09. The summed E-state index contributed by atoms with van der Waals surface area (Å²) in [6, 6.07) is 10.6. The monoisotopic (exact) mass is 318 g/mol. The Morgan fingerprint density at radius 1 is 1.14 bits per heavy atom. The molecule has 1 atom stereocenters. The molecule has 0 radical (unpaired) electrons. The van der Waals surface area contributed by atoms with Crippen LogP contribution >= 0.6 is 0 Å². The maximum atomic E-state index is 12.3. The molecule has 1 unspecified atom stereocenters. The first kappa shape index (κ1) is 15.1. The fourth-order valence-electron chi connectivity index (χ4n) is 2.48. The van der Waals surface area contributed by atoms with Crippen LogP contribution in [0.1, 0.15) is 23.5 Å². The second-order valence-electron chi connectivity index (χ2n) is 5.31. The van der Waals surface area contributed by atoms with Gasteiger partial charge in [-0.2, -0.15) is 0 Å². The standard InChI is InChI=1S/C16H18N2O3S/c19-22(20,18-11-13-5-8-17-9-6-13)16-3-1-14(2-4-16)15-7-10-21-12-15/h1-6,8-9,15,18H,7,10-12H2. The van der Waals surface area contributed by atoms with E-state index >= 15 is 0 Å². The molecule has 3 rings (SSSR count). The molecular formula is C16H18N2O3S. The van der Waals surface area contributed by atoms with Gasteiger partial charge in [0, 0.05) is 31.5 Å². The highest BCUT2D eigenvalue weighted by atomic mass is 32.2. The van der Waals surface area contributed by atoms with Crippen LogP contribution in [-0.4, -0.2) is 26.6 Å². The summed E-state index contributed by atoms with van der Waals surface area (Å²) in [5.74, 6) is 0.376. The predicted molar refractivity (Wildman–Crippen MR) is 82.9 cm³/mol. The lowest BCUT2D eigenvalue weighted by molar-refractivity contribution is 0.194. The van der Waals surface area contributed by atoms with Gasteiger partial charge < -0.3 is 4.74 Å². The van der Waals surface area contributed by atoms with E-state index in [1.165, 1.54) is 0 Å². The van der Waals surface area contributed by atoms with Gasteiger partial charge in [0.05, 0.1) is 11.5 Å². The summed E-state index contributed by atoms with van der Waals surface area (Å²) >= 11 is 0. The van der Waals surface area contributed by atoms with Crippen LogP contribution in [0.3, 0.4) is 0 Å². The topological polar surface area (TPSA) is 68.3 Å². The van der Waals surface area contributed by atoms with Gasteiger partial charge in [0.15, 0.2) is 0 Å². The molecule has 1 aromatic carbocycles. The molecule has 0 spiro atoms. The number of pyridine rings is 1. The zero-order chi connectivity index (χ0) is 15.4. The molecule has 2 heterocycles. The summed E-state index contributed by atoms with van der Waals surface area (Å²) in [5.41, 5.74) is 2.00. The zero-order valence-corrected chi connectivity index (χ0v) is 12.9. The van der Waals surface area contributed by atoms with Crippen molar-refractivity contribution in [3.05, 3.63) is 59.9 Å². The molecule has 1 saturated heterocycles. The number of rotatable bonds is 5. The molecule has 1 N–H and O–H groups in total. The summed E-state index contributed by atoms with van der Waals surface area (Å²) in [7, 11) is -3.50. The minimum Gasteiger partial charge on any atom is -0.381 e. The average molecular weight is 318 g/mol. The van der Waals surface area contributed by atoms with E-state index in [2.05, 4.69) is 9.71 Å². The zero-order valence-electron chi connectivity index (χ0n) is 12.1. The minimum atomic E-state index is -3.50. The van der Waals surface area contributed by atoms with Crippen LogP contribution in [0.25, 0.3) is 0 Å². The van der Waals surface area contributed by atoms with Gasteiger partial charge in [0.25, 0.3) is 0 Å². The Morgan fingerprint density at radius 2 is 1.86 bits per heavy atom. The summed E-state index contributed by atoms with van der Waals surface area (Å²) in [6.07, 6.45) is 4.27. The van der Waals surface area contributed by atoms with Crippen LogP contribution < -0.4 is 4.72 Å². The second-order valence-corrected chi connectivity index (χ2v) is 7.08. The fourth-order valence-corrected chi connectivity index (χ4v) is 3.50. The molecule has 116 valence electrons. The molecule has 1 aliphatic heterocycles. The fraction of sp³-hybridized carbons (Fsp3) is 0.312. The lowest BCUT2D eigenvalue weighted by Gasteiger charge is -2.10. The Balaban J connectivity index is 1.69. The van der Waals surface area contributed by atoms with E-state index in [0.29, 0.717) is 12.5 Å². The smallest absolute Gasteiger partial charge is 0.240 e. The molecule has 0 amide bonds. The Labute approximate surface area is 130 Å². The van der Waals surface area contributed by atoms with Crippen LogP contribution in [0.5, 0.6) is 0 Å². The summed E-state index contributed by atoms with van der Waals surface area (Å²) in [4.78, 5) is 4.19. The van der Waals surface area contributed by atoms with E-state index < -0.39 is 10.0 Å². The highest BCUT2D eigenvalue weighted by Crippen LogP contribution is 2.25. The summed E-state index contributed by atoms with van der Waals surface area (Å²) in [6.45, 7) is 1.74. The number of hydrogen-bond donors (Lipinski definition) is 1. The highest BCUT2D eigenvalue weighted by molar-refractivity contribution is 7.89. The van der Waals surface area contributed by atoms with Crippen molar-refractivity contribution in [2.24, 2.45) is 0 Å². The number of hydrogen-bond acceptors (Lipinski definition) is 4. The van der Waals surface area contributed by atoms with Crippen LogP contribution in [0.2, 0.25) is 0 Å². The van der Waals surface area contributed by atoms with E-state index in [1.807, 2.05) is 12.1 Å². The number of benzene rings is 1. The molecule has 1 aliphatic rings. The number of nitrogens with one attached hydrogen (secondary N) is 1. The molecule has 6 heteroatoms. The van der Waals surface area contributed by atoms with Crippen molar-refractivity contribution >= 4 is 10.0 Å². The molecule has 0 aliphatic carbocycles. The van der Waals surface area contributed by atoms with Crippen molar-refractivity contribution in [2.75, 3.05) is 13.2 Å². The normalized spacial score (nSPS) is 18.5. The third kappa shape index (κ3) is 3.52. The molecule has 5 nitrogen and oxygen atoms in total. The van der Waals surface area contributed by atoms with Gasteiger partial charge >= 0.3 is 0 Å². The first-order valence-electron chi connectivity index (χ1n) is 7.21. The van der Waals surface area contributed by atoms with E-state index in [9.17, 15) is 8.42 Å². The van der Waals surface area contributed by atoms with Crippen LogP contribution in [-0.2, 0) is 21.3 Å². The molecule has 2 aromatic rings. The van der Waals surface area contributed by atoms with Crippen LogP contribution in [0.4, 0.5) is 0 Å². The maximum Gasteiger partial charge on any atom is 0.240 e. The van der Waals surface area contributed by atoms with Crippen molar-refractivity contribution in [1.82, 2.24) is 9.71 Å². The molecule has 0 saturated carbocycles. The largest absolute Gasteiger partial charge is 0.381 e. The summed E-state index contributed by atoms with van der Waals surface area (Å²) < 4.78 is 32.5. The van der Waals surface area contributed by atoms with Crippen molar-refractivity contribution in [3.63, 3.8) is 0 Å². The SMILES string of the molecule is O=S(=O)(NCc1ccncc1)c1ccc(C2CCOC2)cc1. The van der Waals surface area contributed by atoms with Crippen molar-refractivity contribution in [3.8, 4) is 0 Å². The summed E-state index contributed by atoms with van der Waals surface area (Å²) in [5, 5.41) is 0. The number of aromatic nitrogens is 1. The third-order valence-electron chi connectivity index (χ3n) is 3.81. The Kier molecular flexibility index (Phi) is 4.52. The Bertz CT molecular complexity index is 709. The van der Waals surface area contributed by atoms with Gasteiger partial charge in [-0.25, -0.2) is 13.1 Å². The van der Waals surface area contributed by atoms with Gasteiger partial charge in [-0.1, -0.05) is 12.1 Å². The molecule has 1 fully saturated rings. The predicted octanol–water partition coefficient (Wildman–Crippen LogP) is 2.06. The third-order valence-corrected chi connectivity index (χ3v) is 5.22. The van der Waals surface area contributed by atoms with Gasteiger partial charge in [0.1, 0.15) is 0 Å². The first-order valence-corrected chi connectivity index (χ1v) is 8.70. The van der Waals surface area contributed by atoms with Crippen molar-refractivity contribution in [2.45, 2.75) is 23.8 Å². The molecular weight excluding hydrogens is 300 g/mol. The maximum absolute atomic E-state index is 12.3. The lowest BCUT2D eigenvalue weighted by atomic mass is 9.99. The van der Waals surface area contributed by atoms with E-state index in [0.717, 1.165) is 24.2 Å². The van der Waals surface area contributed by atoms with Crippen molar-refractivity contribution in [1.29, 1.82) is 0 Å². The lowest BCUT2D eigenvalue weighted by Crippen LogP contribution is -2.23. The van der Waals surface area contributed by atoms with E-state index in [1.54, 1.807) is 36.7 Å². The van der Waals surface area contributed by atoms with Crippen LogP contribution in [0, 0.1) is 0 Å². The number of nitrogens with zero attached hydrogens (tertiary/aromatic N) is 1. The highest BCUT2D eigenvalue weighted by Gasteiger charge is 2.19. The first-order chi connectivity index (χ1) is 10.6. The molecule has 1 aromatic heterocycles. The molecule has 0 bridgehead atoms. The second kappa shape index (κ2) is 6.56. The van der Waals surface area contributed by atoms with Gasteiger partial charge in [-0.15, -0.1) is 0 Å². The number of ether oxygens (including phenoxy) is 1. The van der Waals surface area contributed by atoms with E-state index in [-0.39, 0.29) is 11.4 Å². The Hall–Kier alpha value is -1.76. The van der Waals surface area contributed by atoms with Crippen LogP contribution in [0.15, 0.2) is 53.7 Å². The van der Waals surface area contributed by atoms with E-state index in [4.69, 9.17) is 4.74 Å². The number of sulfonamides is 1.